The predicted molar refractivity (Wildman–Crippen MR) is 86.7 cm³/mol. The first kappa shape index (κ1) is 14.0. The van der Waals surface area contributed by atoms with Gasteiger partial charge in [0.1, 0.15) is 0 Å². The Morgan fingerprint density at radius 1 is 0.591 bits per heavy atom. The number of nitriles is 2. The van der Waals surface area contributed by atoms with Gasteiger partial charge in [-0.1, -0.05) is 0 Å². The molecule has 1 heterocycles. The van der Waals surface area contributed by atoms with E-state index in [1.54, 1.807) is 0 Å². The molecular weight excluding hydrogens is 272 g/mol. The van der Waals surface area contributed by atoms with Crippen LogP contribution in [0.1, 0.15) is 11.1 Å². The van der Waals surface area contributed by atoms with Crippen molar-refractivity contribution in [2.75, 3.05) is 36.0 Å². The number of hydrogen-bond donors (Lipinski definition) is 0. The Bertz CT molecular complexity index is 646. The minimum absolute atomic E-state index is 0.694. The number of nitrogens with zero attached hydrogens (tertiary/aromatic N) is 4. The molecule has 2 aromatic carbocycles. The van der Waals surface area contributed by atoms with Gasteiger partial charge in [0, 0.05) is 37.6 Å². The minimum Gasteiger partial charge on any atom is -0.368 e. The highest BCUT2D eigenvalue weighted by Gasteiger charge is 2.17. The molecule has 2 aromatic rings. The molecule has 3 rings (SSSR count). The second-order valence-corrected chi connectivity index (χ2v) is 5.29. The lowest BCUT2D eigenvalue weighted by atomic mass is 10.1. The van der Waals surface area contributed by atoms with Crippen LogP contribution in [0.2, 0.25) is 0 Å². The maximum atomic E-state index is 8.85. The van der Waals surface area contributed by atoms with E-state index < -0.39 is 0 Å². The number of hydrogen-bond acceptors (Lipinski definition) is 4. The van der Waals surface area contributed by atoms with E-state index in [1.165, 1.54) is 11.4 Å². The summed E-state index contributed by atoms with van der Waals surface area (Å²) in [5.74, 6) is 0. The van der Waals surface area contributed by atoms with Gasteiger partial charge in [-0.15, -0.1) is 0 Å². The molecule has 0 radical (unpaired) electrons. The van der Waals surface area contributed by atoms with Crippen LogP contribution in [-0.4, -0.2) is 26.2 Å². The van der Waals surface area contributed by atoms with Crippen LogP contribution in [0.4, 0.5) is 11.4 Å². The number of piperazine rings is 1. The molecule has 0 atom stereocenters. The van der Waals surface area contributed by atoms with Gasteiger partial charge < -0.3 is 9.80 Å². The van der Waals surface area contributed by atoms with Crippen LogP contribution in [0.3, 0.4) is 0 Å². The predicted octanol–water partition coefficient (Wildman–Crippen LogP) is 2.76. The first-order chi connectivity index (χ1) is 10.8. The van der Waals surface area contributed by atoms with Gasteiger partial charge in [0.2, 0.25) is 0 Å². The van der Waals surface area contributed by atoms with Crippen LogP contribution < -0.4 is 9.80 Å². The van der Waals surface area contributed by atoms with Crippen LogP contribution >= 0.6 is 0 Å². The molecule has 1 saturated heterocycles. The summed E-state index contributed by atoms with van der Waals surface area (Å²) in [4.78, 5) is 4.67. The lowest BCUT2D eigenvalue weighted by Gasteiger charge is -2.37. The topological polar surface area (TPSA) is 54.1 Å². The quantitative estimate of drug-likeness (QED) is 0.852. The Hall–Kier alpha value is -2.98. The Balaban J connectivity index is 1.64. The molecule has 22 heavy (non-hydrogen) atoms. The molecule has 0 aromatic heterocycles. The monoisotopic (exact) mass is 288 g/mol. The first-order valence-electron chi connectivity index (χ1n) is 7.30. The van der Waals surface area contributed by atoms with Crippen molar-refractivity contribution in [1.29, 1.82) is 10.5 Å². The van der Waals surface area contributed by atoms with Gasteiger partial charge in [0.15, 0.2) is 0 Å². The van der Waals surface area contributed by atoms with Crippen molar-refractivity contribution in [2.24, 2.45) is 0 Å². The van der Waals surface area contributed by atoms with E-state index in [9.17, 15) is 0 Å². The standard InChI is InChI=1S/C18H16N4/c19-13-15-1-5-17(6-2-15)21-9-11-22(12-10-21)18-7-3-16(14-20)4-8-18/h1-8H,9-12H2. The van der Waals surface area contributed by atoms with Gasteiger partial charge >= 0.3 is 0 Å². The second kappa shape index (κ2) is 6.20. The van der Waals surface area contributed by atoms with Crippen LogP contribution in [0.15, 0.2) is 48.5 Å². The Morgan fingerprint density at radius 3 is 1.18 bits per heavy atom. The molecule has 0 bridgehead atoms. The van der Waals surface area contributed by atoms with Gasteiger partial charge in [-0.05, 0) is 48.5 Å². The van der Waals surface area contributed by atoms with Crippen LogP contribution in [0.5, 0.6) is 0 Å². The van der Waals surface area contributed by atoms with Gasteiger partial charge in [0.05, 0.1) is 23.3 Å². The van der Waals surface area contributed by atoms with Crippen molar-refractivity contribution in [2.45, 2.75) is 0 Å². The molecule has 0 N–H and O–H groups in total. The van der Waals surface area contributed by atoms with Gasteiger partial charge in [-0.2, -0.15) is 10.5 Å². The summed E-state index contributed by atoms with van der Waals surface area (Å²) >= 11 is 0. The van der Waals surface area contributed by atoms with Gasteiger partial charge in [0.25, 0.3) is 0 Å². The molecular formula is C18H16N4. The van der Waals surface area contributed by atoms with Crippen LogP contribution in [0, 0.1) is 22.7 Å². The van der Waals surface area contributed by atoms with Gasteiger partial charge in [-0.25, -0.2) is 0 Å². The SMILES string of the molecule is N#Cc1ccc(N2CCN(c3ccc(C#N)cc3)CC2)cc1. The smallest absolute Gasteiger partial charge is 0.0991 e. The average molecular weight is 288 g/mol. The summed E-state index contributed by atoms with van der Waals surface area (Å²) in [5.41, 5.74) is 3.72. The molecule has 108 valence electrons. The minimum atomic E-state index is 0.694. The van der Waals surface area contributed by atoms with Crippen molar-refractivity contribution < 1.29 is 0 Å². The van der Waals surface area contributed by atoms with E-state index in [-0.39, 0.29) is 0 Å². The fourth-order valence-corrected chi connectivity index (χ4v) is 2.72. The molecule has 4 heteroatoms. The summed E-state index contributed by atoms with van der Waals surface area (Å²) in [6, 6.07) is 19.8. The van der Waals surface area contributed by atoms with E-state index >= 15 is 0 Å². The Kier molecular flexibility index (Phi) is 3.94. The molecule has 0 saturated carbocycles. The van der Waals surface area contributed by atoms with Crippen molar-refractivity contribution in [3.05, 3.63) is 59.7 Å². The lowest BCUT2D eigenvalue weighted by Crippen LogP contribution is -2.46. The summed E-state index contributed by atoms with van der Waals surface area (Å²) in [6.07, 6.45) is 0. The molecule has 0 spiro atoms. The third-order valence-electron chi connectivity index (χ3n) is 4.00. The average Bonchev–Trinajstić information content (AvgIpc) is 2.62. The summed E-state index contributed by atoms with van der Waals surface area (Å²) in [5, 5.41) is 17.7. The number of anilines is 2. The highest BCUT2D eigenvalue weighted by Crippen LogP contribution is 2.21. The van der Waals surface area contributed by atoms with Crippen molar-refractivity contribution in [1.82, 2.24) is 0 Å². The van der Waals surface area contributed by atoms with E-state index in [0.29, 0.717) is 11.1 Å². The molecule has 4 nitrogen and oxygen atoms in total. The highest BCUT2D eigenvalue weighted by molar-refractivity contribution is 5.54. The third-order valence-corrected chi connectivity index (χ3v) is 4.00. The number of rotatable bonds is 2. The maximum Gasteiger partial charge on any atom is 0.0991 e. The van der Waals surface area contributed by atoms with E-state index in [2.05, 4.69) is 21.9 Å². The zero-order valence-corrected chi connectivity index (χ0v) is 12.2. The van der Waals surface area contributed by atoms with Crippen LogP contribution in [-0.2, 0) is 0 Å². The van der Waals surface area contributed by atoms with Crippen LogP contribution in [0.25, 0.3) is 0 Å². The molecule has 1 fully saturated rings. The fraction of sp³-hybridized carbons (Fsp3) is 0.222. The molecule has 1 aliphatic rings. The first-order valence-corrected chi connectivity index (χ1v) is 7.30. The molecule has 0 amide bonds. The van der Waals surface area contributed by atoms with Crippen molar-refractivity contribution >= 4 is 11.4 Å². The molecule has 0 aliphatic carbocycles. The largest absolute Gasteiger partial charge is 0.368 e. The zero-order chi connectivity index (χ0) is 15.4. The van der Waals surface area contributed by atoms with E-state index in [4.69, 9.17) is 10.5 Å². The summed E-state index contributed by atoms with van der Waals surface area (Å²) < 4.78 is 0. The van der Waals surface area contributed by atoms with Gasteiger partial charge in [-0.3, -0.25) is 0 Å². The van der Waals surface area contributed by atoms with Crippen molar-refractivity contribution in [3.8, 4) is 12.1 Å². The summed E-state index contributed by atoms with van der Waals surface area (Å²) in [7, 11) is 0. The van der Waals surface area contributed by atoms with E-state index in [0.717, 1.165) is 26.2 Å². The molecule has 1 aliphatic heterocycles. The maximum absolute atomic E-state index is 8.85. The lowest BCUT2D eigenvalue weighted by molar-refractivity contribution is 0.653. The summed E-state index contributed by atoms with van der Waals surface area (Å²) in [6.45, 7) is 3.80. The third kappa shape index (κ3) is 2.87. The normalized spacial score (nSPS) is 14.3. The molecule has 0 unspecified atom stereocenters. The zero-order valence-electron chi connectivity index (χ0n) is 12.2. The Labute approximate surface area is 130 Å². The fourth-order valence-electron chi connectivity index (χ4n) is 2.72. The Morgan fingerprint density at radius 2 is 0.909 bits per heavy atom. The van der Waals surface area contributed by atoms with Crippen molar-refractivity contribution in [3.63, 3.8) is 0 Å². The highest BCUT2D eigenvalue weighted by atomic mass is 15.3. The number of benzene rings is 2. The van der Waals surface area contributed by atoms with E-state index in [1.807, 2.05) is 48.5 Å². The second-order valence-electron chi connectivity index (χ2n) is 5.29.